The van der Waals surface area contributed by atoms with E-state index in [1.165, 1.54) is 42.8 Å². The van der Waals surface area contributed by atoms with E-state index in [2.05, 4.69) is 15.3 Å². The SMILES string of the molecule is Cc1occc1C(=O)N/N=C\c1ccc(OC(F)F)cc1. The van der Waals surface area contributed by atoms with Crippen LogP contribution >= 0.6 is 0 Å². The van der Waals surface area contributed by atoms with E-state index >= 15 is 0 Å². The molecular formula is C14H12F2N2O3. The first-order chi connectivity index (χ1) is 10.1. The van der Waals surface area contributed by atoms with E-state index in [4.69, 9.17) is 4.42 Å². The fraction of sp³-hybridized carbons (Fsp3) is 0.143. The number of aryl methyl sites for hydroxylation is 1. The minimum atomic E-state index is -2.86. The van der Waals surface area contributed by atoms with Crippen LogP contribution in [0.2, 0.25) is 0 Å². The maximum absolute atomic E-state index is 12.0. The Balaban J connectivity index is 1.92. The third-order valence-electron chi connectivity index (χ3n) is 2.59. The summed E-state index contributed by atoms with van der Waals surface area (Å²) in [5.41, 5.74) is 3.36. The van der Waals surface area contributed by atoms with Crippen molar-refractivity contribution in [2.75, 3.05) is 0 Å². The molecule has 0 unspecified atom stereocenters. The first-order valence-electron chi connectivity index (χ1n) is 5.98. The highest BCUT2D eigenvalue weighted by molar-refractivity contribution is 5.95. The van der Waals surface area contributed by atoms with Crippen LogP contribution in [0, 0.1) is 6.92 Å². The van der Waals surface area contributed by atoms with Crippen LogP contribution in [0.5, 0.6) is 5.75 Å². The van der Waals surface area contributed by atoms with E-state index < -0.39 is 12.5 Å². The number of hydrogen-bond donors (Lipinski definition) is 1. The smallest absolute Gasteiger partial charge is 0.387 e. The summed E-state index contributed by atoms with van der Waals surface area (Å²) in [4.78, 5) is 11.7. The van der Waals surface area contributed by atoms with Gasteiger partial charge in [0.25, 0.3) is 5.91 Å². The summed E-state index contributed by atoms with van der Waals surface area (Å²) in [5.74, 6) is 0.159. The summed E-state index contributed by atoms with van der Waals surface area (Å²) in [7, 11) is 0. The minimum absolute atomic E-state index is 0.0557. The van der Waals surface area contributed by atoms with Gasteiger partial charge in [-0.25, -0.2) is 5.43 Å². The standard InChI is InChI=1S/C14H12F2N2O3/c1-9-12(6-7-20-9)13(19)18-17-8-10-2-4-11(5-3-10)21-14(15)16/h2-8,14H,1H3,(H,18,19)/b17-8-. The molecule has 21 heavy (non-hydrogen) atoms. The zero-order valence-electron chi connectivity index (χ0n) is 11.0. The summed E-state index contributed by atoms with van der Waals surface area (Å²) in [6.45, 7) is -1.19. The number of halogens is 2. The molecule has 0 radical (unpaired) electrons. The summed E-state index contributed by atoms with van der Waals surface area (Å²) in [6.07, 6.45) is 2.80. The van der Waals surface area contributed by atoms with E-state index in [0.717, 1.165) is 0 Å². The van der Waals surface area contributed by atoms with Gasteiger partial charge in [-0.2, -0.15) is 13.9 Å². The number of amides is 1. The Morgan fingerprint density at radius 3 is 2.62 bits per heavy atom. The van der Waals surface area contributed by atoms with E-state index in [0.29, 0.717) is 16.9 Å². The second-order valence-electron chi connectivity index (χ2n) is 4.04. The Kier molecular flexibility index (Phi) is 4.65. The zero-order valence-corrected chi connectivity index (χ0v) is 11.0. The molecule has 0 saturated carbocycles. The fourth-order valence-electron chi connectivity index (χ4n) is 1.58. The monoisotopic (exact) mass is 294 g/mol. The molecule has 0 aliphatic rings. The van der Waals surface area contributed by atoms with Crippen molar-refractivity contribution in [2.45, 2.75) is 13.5 Å². The molecule has 110 valence electrons. The predicted octanol–water partition coefficient (Wildman–Crippen LogP) is 2.95. The Labute approximate surface area is 119 Å². The van der Waals surface area contributed by atoms with Crippen molar-refractivity contribution in [1.82, 2.24) is 5.43 Å². The molecule has 2 rings (SSSR count). The van der Waals surface area contributed by atoms with Crippen LogP contribution in [0.1, 0.15) is 21.7 Å². The Bertz CT molecular complexity index is 636. The molecule has 0 aliphatic carbocycles. The van der Waals surface area contributed by atoms with Crippen molar-refractivity contribution in [2.24, 2.45) is 5.10 Å². The molecule has 1 N–H and O–H groups in total. The first-order valence-corrected chi connectivity index (χ1v) is 5.98. The predicted molar refractivity (Wildman–Crippen MR) is 71.6 cm³/mol. The zero-order chi connectivity index (χ0) is 15.2. The number of benzene rings is 1. The highest BCUT2D eigenvalue weighted by atomic mass is 19.3. The molecule has 1 heterocycles. The topological polar surface area (TPSA) is 63.8 Å². The Hall–Kier alpha value is -2.70. The van der Waals surface area contributed by atoms with E-state index in [-0.39, 0.29) is 5.75 Å². The maximum Gasteiger partial charge on any atom is 0.387 e. The number of carbonyl (C=O) groups excluding carboxylic acids is 1. The highest BCUT2D eigenvalue weighted by Crippen LogP contribution is 2.14. The molecule has 1 aromatic carbocycles. The number of hydrogen-bond acceptors (Lipinski definition) is 4. The lowest BCUT2D eigenvalue weighted by Crippen LogP contribution is -2.17. The van der Waals surface area contributed by atoms with Crippen LogP contribution in [0.15, 0.2) is 46.1 Å². The summed E-state index contributed by atoms with van der Waals surface area (Å²) in [5, 5.41) is 3.77. The van der Waals surface area contributed by atoms with Gasteiger partial charge in [-0.15, -0.1) is 0 Å². The third-order valence-corrected chi connectivity index (χ3v) is 2.59. The number of ether oxygens (including phenoxy) is 1. The molecule has 1 aromatic heterocycles. The second-order valence-corrected chi connectivity index (χ2v) is 4.04. The van der Waals surface area contributed by atoms with Crippen molar-refractivity contribution in [3.8, 4) is 5.75 Å². The number of alkyl halides is 2. The van der Waals surface area contributed by atoms with Crippen LogP contribution in [0.4, 0.5) is 8.78 Å². The molecule has 2 aromatic rings. The van der Waals surface area contributed by atoms with Gasteiger partial charge in [0.05, 0.1) is 18.0 Å². The van der Waals surface area contributed by atoms with Gasteiger partial charge < -0.3 is 9.15 Å². The van der Waals surface area contributed by atoms with E-state index in [9.17, 15) is 13.6 Å². The van der Waals surface area contributed by atoms with Crippen molar-refractivity contribution in [3.63, 3.8) is 0 Å². The molecule has 0 spiro atoms. The molecule has 0 fully saturated rings. The van der Waals surface area contributed by atoms with Gasteiger partial charge in [-0.05, 0) is 42.8 Å². The summed E-state index contributed by atoms with van der Waals surface area (Å²) < 4.78 is 33.2. The molecule has 0 saturated heterocycles. The van der Waals surface area contributed by atoms with Gasteiger partial charge in [0.1, 0.15) is 11.5 Å². The lowest BCUT2D eigenvalue weighted by molar-refractivity contribution is -0.0498. The van der Waals surface area contributed by atoms with E-state index in [1.807, 2.05) is 0 Å². The number of nitrogens with zero attached hydrogens (tertiary/aromatic N) is 1. The quantitative estimate of drug-likeness (QED) is 0.681. The van der Waals surface area contributed by atoms with Gasteiger partial charge in [0.2, 0.25) is 0 Å². The second kappa shape index (κ2) is 6.65. The number of carbonyl (C=O) groups is 1. The molecular weight excluding hydrogens is 282 g/mol. The molecule has 7 heteroatoms. The molecule has 0 atom stereocenters. The average Bonchev–Trinajstić information content (AvgIpc) is 2.86. The maximum atomic E-state index is 12.0. The van der Waals surface area contributed by atoms with Crippen molar-refractivity contribution in [3.05, 3.63) is 53.5 Å². The number of rotatable bonds is 5. The van der Waals surface area contributed by atoms with Crippen molar-refractivity contribution < 1.29 is 22.7 Å². The summed E-state index contributed by atoms with van der Waals surface area (Å²) >= 11 is 0. The van der Waals surface area contributed by atoms with Gasteiger partial charge in [0.15, 0.2) is 0 Å². The third kappa shape index (κ3) is 4.13. The highest BCUT2D eigenvalue weighted by Gasteiger charge is 2.09. The van der Waals surface area contributed by atoms with E-state index in [1.54, 1.807) is 6.92 Å². The van der Waals surface area contributed by atoms with Gasteiger partial charge in [-0.3, -0.25) is 4.79 Å². The van der Waals surface area contributed by atoms with Crippen molar-refractivity contribution >= 4 is 12.1 Å². The van der Waals surface area contributed by atoms with Crippen LogP contribution in [-0.2, 0) is 0 Å². The lowest BCUT2D eigenvalue weighted by Gasteiger charge is -2.03. The Morgan fingerprint density at radius 1 is 1.33 bits per heavy atom. The van der Waals surface area contributed by atoms with Crippen LogP contribution in [0.25, 0.3) is 0 Å². The molecule has 0 bridgehead atoms. The van der Waals surface area contributed by atoms with Crippen LogP contribution in [0.3, 0.4) is 0 Å². The Morgan fingerprint density at radius 2 is 2.05 bits per heavy atom. The van der Waals surface area contributed by atoms with Crippen LogP contribution < -0.4 is 10.2 Å². The lowest BCUT2D eigenvalue weighted by atomic mass is 10.2. The largest absolute Gasteiger partial charge is 0.469 e. The molecule has 1 amide bonds. The summed E-state index contributed by atoms with van der Waals surface area (Å²) in [6, 6.07) is 7.38. The average molecular weight is 294 g/mol. The minimum Gasteiger partial charge on any atom is -0.469 e. The van der Waals surface area contributed by atoms with Crippen LogP contribution in [-0.4, -0.2) is 18.7 Å². The van der Waals surface area contributed by atoms with Gasteiger partial charge in [-0.1, -0.05) is 0 Å². The number of nitrogens with one attached hydrogen (secondary N) is 1. The first kappa shape index (κ1) is 14.7. The van der Waals surface area contributed by atoms with Gasteiger partial charge >= 0.3 is 6.61 Å². The number of furan rings is 1. The van der Waals surface area contributed by atoms with Crippen molar-refractivity contribution in [1.29, 1.82) is 0 Å². The van der Waals surface area contributed by atoms with Gasteiger partial charge in [0, 0.05) is 0 Å². The fourth-order valence-corrected chi connectivity index (χ4v) is 1.58. The number of hydrazone groups is 1. The molecule has 0 aliphatic heterocycles. The molecule has 5 nitrogen and oxygen atoms in total. The normalized spacial score (nSPS) is 11.0.